The van der Waals surface area contributed by atoms with E-state index in [0.29, 0.717) is 23.7 Å². The third-order valence-electron chi connectivity index (χ3n) is 5.68. The molecule has 0 fully saturated rings. The highest BCUT2D eigenvalue weighted by molar-refractivity contribution is 7.90. The number of amides is 1. The Balaban J connectivity index is 1.61. The number of ether oxygens (including phenoxy) is 2. The van der Waals surface area contributed by atoms with Crippen LogP contribution in [-0.4, -0.2) is 52.8 Å². The van der Waals surface area contributed by atoms with Crippen molar-refractivity contribution < 1.29 is 22.7 Å². The van der Waals surface area contributed by atoms with Crippen LogP contribution in [0.3, 0.4) is 0 Å². The molecule has 1 atom stereocenters. The molecule has 0 saturated heterocycles. The molecule has 3 aromatic rings. The first-order valence-electron chi connectivity index (χ1n) is 10.4. The molecule has 4 rings (SSSR count). The molecule has 0 unspecified atom stereocenters. The number of sulfone groups is 1. The first-order valence-corrected chi connectivity index (χ1v) is 13.2. The lowest BCUT2D eigenvalue weighted by molar-refractivity contribution is -0.117. The molecular weight excluding hydrogens is 460 g/mol. The summed E-state index contributed by atoms with van der Waals surface area (Å²) in [6.45, 7) is 0.862. The number of fused-ring (bicyclic) bond motifs is 1. The van der Waals surface area contributed by atoms with Crippen molar-refractivity contribution in [2.24, 2.45) is 0 Å². The average Bonchev–Trinajstić information content (AvgIpc) is 3.32. The topological polar surface area (TPSA) is 84.9 Å². The summed E-state index contributed by atoms with van der Waals surface area (Å²) < 4.78 is 34.7. The summed E-state index contributed by atoms with van der Waals surface area (Å²) in [7, 11) is -0.117. The van der Waals surface area contributed by atoms with Crippen molar-refractivity contribution in [3.05, 3.63) is 69.9 Å². The van der Waals surface area contributed by atoms with Crippen LogP contribution in [-0.2, 0) is 21.1 Å². The van der Waals surface area contributed by atoms with E-state index in [0.717, 1.165) is 23.1 Å². The number of nitrogens with zero attached hydrogens (tertiary/aromatic N) is 1. The zero-order valence-corrected chi connectivity index (χ0v) is 20.3. The van der Waals surface area contributed by atoms with E-state index in [2.05, 4.69) is 16.3 Å². The van der Waals surface area contributed by atoms with Crippen molar-refractivity contribution in [1.29, 1.82) is 0 Å². The van der Waals surface area contributed by atoms with Crippen LogP contribution in [0.2, 0.25) is 0 Å². The average molecular weight is 487 g/mol. The Labute approximate surface area is 197 Å². The lowest BCUT2D eigenvalue weighted by Gasteiger charge is -2.37. The lowest BCUT2D eigenvalue weighted by atomic mass is 9.91. The summed E-state index contributed by atoms with van der Waals surface area (Å²) in [5.74, 6) is 1.14. The molecule has 174 valence electrons. The summed E-state index contributed by atoms with van der Waals surface area (Å²) >= 11 is 1.64. The van der Waals surface area contributed by atoms with Gasteiger partial charge in [0.25, 0.3) is 0 Å². The van der Waals surface area contributed by atoms with Gasteiger partial charge in [-0.15, -0.1) is 11.3 Å². The molecule has 7 nitrogen and oxygen atoms in total. The number of methoxy groups -OCH3 is 2. The highest BCUT2D eigenvalue weighted by atomic mass is 32.2. The molecule has 0 radical (unpaired) electrons. The predicted molar refractivity (Wildman–Crippen MR) is 129 cm³/mol. The molecule has 1 N–H and O–H groups in total. The van der Waals surface area contributed by atoms with Crippen LogP contribution in [0.5, 0.6) is 11.5 Å². The Morgan fingerprint density at radius 2 is 1.88 bits per heavy atom. The van der Waals surface area contributed by atoms with E-state index >= 15 is 0 Å². The standard InChI is InChI=1S/C24H26N2O5S2/c1-30-20-12-16-9-10-26(24(22-8-5-11-32-22)19(16)14-21(20)31-2)15-23(27)25-17-6-4-7-18(13-17)33(3,28)29/h4-8,11-14,24H,9-10,15H2,1-3H3,(H,25,27)/t24-/m0/s1. The first kappa shape index (κ1) is 23.3. The minimum atomic E-state index is -3.36. The number of carbonyl (C=O) groups excluding carboxylic acids is 1. The van der Waals surface area contributed by atoms with E-state index in [1.54, 1.807) is 37.7 Å². The van der Waals surface area contributed by atoms with Crippen molar-refractivity contribution in [3.8, 4) is 11.5 Å². The van der Waals surface area contributed by atoms with Gasteiger partial charge in [-0.3, -0.25) is 9.69 Å². The second-order valence-electron chi connectivity index (χ2n) is 7.89. The van der Waals surface area contributed by atoms with E-state index in [1.165, 1.54) is 17.7 Å². The van der Waals surface area contributed by atoms with Gasteiger partial charge in [-0.1, -0.05) is 12.1 Å². The summed E-state index contributed by atoms with van der Waals surface area (Å²) in [6.07, 6.45) is 1.92. The predicted octanol–water partition coefficient (Wildman–Crippen LogP) is 3.76. The second kappa shape index (κ2) is 9.54. The zero-order valence-electron chi connectivity index (χ0n) is 18.7. The van der Waals surface area contributed by atoms with Crippen molar-refractivity contribution in [2.45, 2.75) is 17.4 Å². The number of hydrogen-bond donors (Lipinski definition) is 1. The van der Waals surface area contributed by atoms with Gasteiger partial charge < -0.3 is 14.8 Å². The minimum Gasteiger partial charge on any atom is -0.493 e. The molecule has 2 heterocycles. The molecule has 33 heavy (non-hydrogen) atoms. The monoisotopic (exact) mass is 486 g/mol. The molecule has 0 saturated carbocycles. The fourth-order valence-electron chi connectivity index (χ4n) is 4.14. The number of rotatable bonds is 7. The van der Waals surface area contributed by atoms with Crippen LogP contribution in [0.4, 0.5) is 5.69 Å². The molecule has 2 aromatic carbocycles. The molecule has 1 aliphatic rings. The second-order valence-corrected chi connectivity index (χ2v) is 10.9. The van der Waals surface area contributed by atoms with Gasteiger partial charge in [-0.05, 0) is 59.3 Å². The van der Waals surface area contributed by atoms with Gasteiger partial charge in [0.05, 0.1) is 31.7 Å². The Kier molecular flexibility index (Phi) is 6.73. The van der Waals surface area contributed by atoms with Gasteiger partial charge in [-0.2, -0.15) is 0 Å². The summed E-state index contributed by atoms with van der Waals surface area (Å²) in [5, 5.41) is 4.87. The molecule has 1 aliphatic heterocycles. The Morgan fingerprint density at radius 1 is 1.12 bits per heavy atom. The highest BCUT2D eigenvalue weighted by Crippen LogP contribution is 2.42. The van der Waals surface area contributed by atoms with Crippen LogP contribution in [0.1, 0.15) is 22.0 Å². The molecule has 1 amide bonds. The van der Waals surface area contributed by atoms with Crippen LogP contribution in [0.25, 0.3) is 0 Å². The molecule has 1 aromatic heterocycles. The van der Waals surface area contributed by atoms with Gasteiger partial charge in [0.15, 0.2) is 21.3 Å². The van der Waals surface area contributed by atoms with Crippen molar-refractivity contribution in [2.75, 3.05) is 38.9 Å². The number of anilines is 1. The van der Waals surface area contributed by atoms with Gasteiger partial charge in [-0.25, -0.2) is 8.42 Å². The van der Waals surface area contributed by atoms with Crippen LogP contribution in [0.15, 0.2) is 58.8 Å². The van der Waals surface area contributed by atoms with Gasteiger partial charge in [0.1, 0.15) is 0 Å². The lowest BCUT2D eigenvalue weighted by Crippen LogP contribution is -2.40. The third kappa shape index (κ3) is 5.05. The van der Waals surface area contributed by atoms with Crippen molar-refractivity contribution in [1.82, 2.24) is 4.90 Å². The van der Waals surface area contributed by atoms with E-state index in [9.17, 15) is 13.2 Å². The summed E-state index contributed by atoms with van der Waals surface area (Å²) in [5.41, 5.74) is 2.72. The smallest absolute Gasteiger partial charge is 0.238 e. The van der Waals surface area contributed by atoms with Gasteiger partial charge in [0, 0.05) is 23.4 Å². The van der Waals surface area contributed by atoms with Crippen molar-refractivity contribution in [3.63, 3.8) is 0 Å². The number of nitrogens with one attached hydrogen (secondary N) is 1. The molecular formula is C24H26N2O5S2. The maximum atomic E-state index is 12.9. The van der Waals surface area contributed by atoms with E-state index in [1.807, 2.05) is 23.6 Å². The van der Waals surface area contributed by atoms with Crippen LogP contribution >= 0.6 is 11.3 Å². The fourth-order valence-corrected chi connectivity index (χ4v) is 5.68. The van der Waals surface area contributed by atoms with E-state index in [-0.39, 0.29) is 23.4 Å². The largest absolute Gasteiger partial charge is 0.493 e. The number of benzene rings is 2. The maximum Gasteiger partial charge on any atom is 0.238 e. The summed E-state index contributed by atoms with van der Waals surface area (Å²) in [4.78, 5) is 16.4. The number of carbonyl (C=O) groups is 1. The van der Waals surface area contributed by atoms with E-state index in [4.69, 9.17) is 9.47 Å². The Morgan fingerprint density at radius 3 is 2.55 bits per heavy atom. The third-order valence-corrected chi connectivity index (χ3v) is 7.71. The fraction of sp³-hybridized carbons (Fsp3) is 0.292. The Bertz CT molecular complexity index is 1260. The van der Waals surface area contributed by atoms with Crippen LogP contribution < -0.4 is 14.8 Å². The normalized spacial score (nSPS) is 16.2. The Hall–Kier alpha value is -2.88. The molecule has 0 aliphatic carbocycles. The van der Waals surface area contributed by atoms with Crippen LogP contribution in [0, 0.1) is 0 Å². The van der Waals surface area contributed by atoms with Crippen molar-refractivity contribution >= 4 is 32.8 Å². The number of hydrogen-bond acceptors (Lipinski definition) is 7. The zero-order chi connectivity index (χ0) is 23.6. The van der Waals surface area contributed by atoms with Gasteiger partial charge >= 0.3 is 0 Å². The molecule has 0 spiro atoms. The molecule has 0 bridgehead atoms. The summed E-state index contributed by atoms with van der Waals surface area (Å²) in [6, 6.07) is 14.3. The van der Waals surface area contributed by atoms with Gasteiger partial charge in [0.2, 0.25) is 5.91 Å². The quantitative estimate of drug-likeness (QED) is 0.548. The highest BCUT2D eigenvalue weighted by Gasteiger charge is 2.32. The van der Waals surface area contributed by atoms with E-state index < -0.39 is 9.84 Å². The SMILES string of the molecule is COc1cc2c(cc1OC)[C@@H](c1cccs1)N(CC(=O)Nc1cccc(S(C)(=O)=O)c1)CC2. The number of thiophene rings is 1. The molecule has 9 heteroatoms. The maximum absolute atomic E-state index is 12.9. The first-order chi connectivity index (χ1) is 15.8. The minimum absolute atomic E-state index is 0.0957.